The van der Waals surface area contributed by atoms with Crippen molar-refractivity contribution in [2.45, 2.75) is 44.9 Å². The van der Waals surface area contributed by atoms with Crippen LogP contribution in [-0.2, 0) is 5.41 Å². The first-order valence-electron chi connectivity index (χ1n) is 7.28. The van der Waals surface area contributed by atoms with Gasteiger partial charge in [0.1, 0.15) is 5.01 Å². The summed E-state index contributed by atoms with van der Waals surface area (Å²) in [5.41, 5.74) is 9.16. The lowest BCUT2D eigenvalue weighted by molar-refractivity contribution is 0.298. The van der Waals surface area contributed by atoms with Crippen LogP contribution >= 0.6 is 23.1 Å². The Labute approximate surface area is 129 Å². The topological polar surface area (TPSA) is 42.1 Å². The monoisotopic (exact) mass is 309 g/mol. The standard InChI is InChI=1S/C15H23N3S2/c1-5-18-7-6-11-12(8-18)20-13(16)15(11,4)14-17-9(2)10(3)19-14/h13H,5-8,16H2,1-4H3. The molecule has 110 valence electrons. The van der Waals surface area contributed by atoms with Crippen molar-refractivity contribution < 1.29 is 0 Å². The molecule has 20 heavy (non-hydrogen) atoms. The molecule has 2 atom stereocenters. The lowest BCUT2D eigenvalue weighted by atomic mass is 9.79. The van der Waals surface area contributed by atoms with Gasteiger partial charge in [0.15, 0.2) is 0 Å². The molecule has 0 amide bonds. The smallest absolute Gasteiger partial charge is 0.106 e. The van der Waals surface area contributed by atoms with Gasteiger partial charge in [0.2, 0.25) is 0 Å². The molecule has 5 heteroatoms. The summed E-state index contributed by atoms with van der Waals surface area (Å²) in [4.78, 5) is 10.1. The van der Waals surface area contributed by atoms with Crippen molar-refractivity contribution in [1.29, 1.82) is 0 Å². The molecule has 0 aromatic carbocycles. The summed E-state index contributed by atoms with van der Waals surface area (Å²) < 4.78 is 0. The first kappa shape index (κ1) is 14.6. The van der Waals surface area contributed by atoms with Crippen LogP contribution in [0.3, 0.4) is 0 Å². The summed E-state index contributed by atoms with van der Waals surface area (Å²) in [5, 5.41) is 1.32. The molecule has 0 saturated carbocycles. The SMILES string of the molecule is CCN1CCC2=C(C1)SC(N)C2(C)c1nc(C)c(C)s1. The number of nitrogens with two attached hydrogens (primary N) is 1. The summed E-state index contributed by atoms with van der Waals surface area (Å²) >= 11 is 3.69. The largest absolute Gasteiger partial charge is 0.318 e. The fourth-order valence-electron chi connectivity index (χ4n) is 3.10. The minimum atomic E-state index is -0.0660. The second kappa shape index (κ2) is 5.13. The van der Waals surface area contributed by atoms with E-state index in [1.165, 1.54) is 14.8 Å². The fourth-order valence-corrected chi connectivity index (χ4v) is 5.82. The zero-order chi connectivity index (χ0) is 14.5. The van der Waals surface area contributed by atoms with Crippen molar-refractivity contribution in [2.24, 2.45) is 5.73 Å². The molecule has 1 aromatic rings. The van der Waals surface area contributed by atoms with Crippen LogP contribution in [-0.4, -0.2) is 34.9 Å². The lowest BCUT2D eigenvalue weighted by Crippen LogP contribution is -2.40. The first-order valence-corrected chi connectivity index (χ1v) is 8.98. The molecule has 2 aliphatic rings. The third-order valence-electron chi connectivity index (χ3n) is 4.77. The second-order valence-corrected chi connectivity index (χ2v) is 8.36. The quantitative estimate of drug-likeness (QED) is 0.912. The van der Waals surface area contributed by atoms with E-state index in [0.717, 1.165) is 31.7 Å². The van der Waals surface area contributed by atoms with Crippen LogP contribution in [0, 0.1) is 13.8 Å². The maximum atomic E-state index is 6.52. The highest BCUT2D eigenvalue weighted by molar-refractivity contribution is 8.04. The van der Waals surface area contributed by atoms with Crippen LogP contribution in [0.5, 0.6) is 0 Å². The molecule has 0 spiro atoms. The maximum Gasteiger partial charge on any atom is 0.106 e. The second-order valence-electron chi connectivity index (χ2n) is 5.92. The van der Waals surface area contributed by atoms with Crippen LogP contribution in [0.4, 0.5) is 0 Å². The summed E-state index contributed by atoms with van der Waals surface area (Å²) in [7, 11) is 0. The van der Waals surface area contributed by atoms with E-state index in [0.29, 0.717) is 0 Å². The third-order valence-corrected chi connectivity index (χ3v) is 7.46. The van der Waals surface area contributed by atoms with Gasteiger partial charge in [-0.3, -0.25) is 4.90 Å². The van der Waals surface area contributed by atoms with Gasteiger partial charge in [0, 0.05) is 22.9 Å². The number of rotatable bonds is 2. The molecule has 0 saturated heterocycles. The van der Waals surface area contributed by atoms with Gasteiger partial charge in [-0.05, 0) is 39.3 Å². The van der Waals surface area contributed by atoms with Crippen LogP contribution in [0.2, 0.25) is 0 Å². The van der Waals surface area contributed by atoms with Gasteiger partial charge in [0.25, 0.3) is 0 Å². The van der Waals surface area contributed by atoms with Crippen molar-refractivity contribution >= 4 is 23.1 Å². The maximum absolute atomic E-state index is 6.52. The normalized spacial score (nSPS) is 30.9. The molecule has 3 heterocycles. The van der Waals surface area contributed by atoms with Gasteiger partial charge in [-0.2, -0.15) is 0 Å². The molecule has 2 unspecified atom stereocenters. The Hall–Kier alpha value is -0.360. The third kappa shape index (κ3) is 2.06. The Morgan fingerprint density at radius 2 is 2.20 bits per heavy atom. The Morgan fingerprint density at radius 1 is 1.45 bits per heavy atom. The van der Waals surface area contributed by atoms with Crippen LogP contribution < -0.4 is 5.73 Å². The van der Waals surface area contributed by atoms with E-state index in [4.69, 9.17) is 10.7 Å². The highest BCUT2D eigenvalue weighted by Crippen LogP contribution is 2.53. The Balaban J connectivity index is 2.02. The molecule has 0 fully saturated rings. The highest BCUT2D eigenvalue weighted by atomic mass is 32.2. The first-order chi connectivity index (χ1) is 9.46. The minimum Gasteiger partial charge on any atom is -0.318 e. The van der Waals surface area contributed by atoms with E-state index in [1.54, 1.807) is 5.57 Å². The highest BCUT2D eigenvalue weighted by Gasteiger charge is 2.48. The molecule has 0 aliphatic carbocycles. The molecule has 1 aromatic heterocycles. The zero-order valence-corrected chi connectivity index (χ0v) is 14.3. The Bertz CT molecular complexity index is 544. The average Bonchev–Trinajstić information content (AvgIpc) is 2.89. The minimum absolute atomic E-state index is 0.0660. The fraction of sp³-hybridized carbons (Fsp3) is 0.667. The van der Waals surface area contributed by atoms with E-state index < -0.39 is 0 Å². The number of nitrogens with zero attached hydrogens (tertiary/aromatic N) is 2. The van der Waals surface area contributed by atoms with Gasteiger partial charge in [-0.1, -0.05) is 6.92 Å². The molecular weight excluding hydrogens is 286 g/mol. The summed E-state index contributed by atoms with van der Waals surface area (Å²) in [6, 6.07) is 0. The summed E-state index contributed by atoms with van der Waals surface area (Å²) in [6.07, 6.45) is 1.14. The zero-order valence-electron chi connectivity index (χ0n) is 12.7. The van der Waals surface area contributed by atoms with Gasteiger partial charge < -0.3 is 5.73 Å². The molecular formula is C15H23N3S2. The molecule has 3 nitrogen and oxygen atoms in total. The Morgan fingerprint density at radius 3 is 2.80 bits per heavy atom. The summed E-state index contributed by atoms with van der Waals surface area (Å²) in [6.45, 7) is 12.1. The number of hydrogen-bond acceptors (Lipinski definition) is 5. The molecule has 0 bridgehead atoms. The number of aromatic nitrogens is 1. The predicted molar refractivity (Wildman–Crippen MR) is 88.3 cm³/mol. The molecule has 0 radical (unpaired) electrons. The van der Waals surface area contributed by atoms with Crippen molar-refractivity contribution in [1.82, 2.24) is 9.88 Å². The van der Waals surface area contributed by atoms with Crippen molar-refractivity contribution in [3.05, 3.63) is 26.1 Å². The molecule has 3 rings (SSSR count). The number of aryl methyl sites for hydroxylation is 2. The lowest BCUT2D eigenvalue weighted by Gasteiger charge is -2.33. The Kier molecular flexibility index (Phi) is 3.73. The van der Waals surface area contributed by atoms with E-state index in [1.807, 2.05) is 23.1 Å². The van der Waals surface area contributed by atoms with Crippen molar-refractivity contribution in [2.75, 3.05) is 19.6 Å². The van der Waals surface area contributed by atoms with E-state index in [-0.39, 0.29) is 10.8 Å². The van der Waals surface area contributed by atoms with Gasteiger partial charge in [0.05, 0.1) is 16.5 Å². The van der Waals surface area contributed by atoms with E-state index in [9.17, 15) is 0 Å². The van der Waals surface area contributed by atoms with Gasteiger partial charge in [-0.15, -0.1) is 23.1 Å². The van der Waals surface area contributed by atoms with Crippen LogP contribution in [0.1, 0.15) is 35.8 Å². The predicted octanol–water partition coefficient (Wildman–Crippen LogP) is 3.03. The number of hydrogen-bond donors (Lipinski definition) is 1. The molecule has 2 aliphatic heterocycles. The van der Waals surface area contributed by atoms with Gasteiger partial charge in [-0.25, -0.2) is 4.98 Å². The number of likely N-dealkylation sites (N-methyl/N-ethyl adjacent to an activating group) is 1. The van der Waals surface area contributed by atoms with E-state index in [2.05, 4.69) is 32.6 Å². The summed E-state index contributed by atoms with van der Waals surface area (Å²) in [5.74, 6) is 0. The number of thiazole rings is 1. The van der Waals surface area contributed by atoms with Crippen LogP contribution in [0.15, 0.2) is 10.5 Å². The number of thioether (sulfide) groups is 1. The van der Waals surface area contributed by atoms with E-state index >= 15 is 0 Å². The van der Waals surface area contributed by atoms with Gasteiger partial charge >= 0.3 is 0 Å². The van der Waals surface area contributed by atoms with Crippen molar-refractivity contribution in [3.63, 3.8) is 0 Å². The molecule has 2 N–H and O–H groups in total. The van der Waals surface area contributed by atoms with Crippen LogP contribution in [0.25, 0.3) is 0 Å². The average molecular weight is 310 g/mol. The van der Waals surface area contributed by atoms with Crippen molar-refractivity contribution in [3.8, 4) is 0 Å².